The molecular formula is C18H24O4. The van der Waals surface area contributed by atoms with E-state index in [-0.39, 0.29) is 5.92 Å². The molecule has 5 saturated carbocycles. The molecular weight excluding hydrogens is 280 g/mol. The van der Waals surface area contributed by atoms with Gasteiger partial charge in [0.05, 0.1) is 0 Å². The van der Waals surface area contributed by atoms with Crippen molar-refractivity contribution >= 4 is 6.29 Å². The fraction of sp³-hybridized carbons (Fsp3) is 0.944. The molecule has 22 heavy (non-hydrogen) atoms. The molecule has 0 radical (unpaired) electrons. The average molecular weight is 304 g/mol. The molecule has 4 unspecified atom stereocenters. The highest BCUT2D eigenvalue weighted by Gasteiger charge is 2.77. The molecule has 3 spiro atoms. The van der Waals surface area contributed by atoms with Crippen LogP contribution in [0.2, 0.25) is 0 Å². The summed E-state index contributed by atoms with van der Waals surface area (Å²) in [5.41, 5.74) is 0.665. The summed E-state index contributed by atoms with van der Waals surface area (Å²) in [6.45, 7) is 0. The van der Waals surface area contributed by atoms with Gasteiger partial charge in [0.25, 0.3) is 0 Å². The van der Waals surface area contributed by atoms with E-state index < -0.39 is 11.6 Å². The zero-order chi connectivity index (χ0) is 14.6. The summed E-state index contributed by atoms with van der Waals surface area (Å²) in [6.07, 6.45) is 11.0. The lowest BCUT2D eigenvalue weighted by atomic mass is 9.56. The van der Waals surface area contributed by atoms with E-state index in [1.165, 1.54) is 32.1 Å². The van der Waals surface area contributed by atoms with E-state index in [0.717, 1.165) is 43.8 Å². The molecule has 6 fully saturated rings. The van der Waals surface area contributed by atoms with Gasteiger partial charge in [0, 0.05) is 30.6 Å². The number of rotatable bonds is 1. The first-order valence-electron chi connectivity index (χ1n) is 9.20. The Morgan fingerprint density at radius 3 is 2.14 bits per heavy atom. The smallest absolute Gasteiger partial charge is 0.210 e. The number of aldehydes is 1. The molecule has 5 aliphatic carbocycles. The summed E-state index contributed by atoms with van der Waals surface area (Å²) >= 11 is 0. The van der Waals surface area contributed by atoms with E-state index >= 15 is 0 Å². The van der Waals surface area contributed by atoms with Crippen molar-refractivity contribution in [1.29, 1.82) is 0 Å². The Balaban J connectivity index is 1.30. The lowest BCUT2D eigenvalue weighted by Gasteiger charge is -2.49. The second-order valence-corrected chi connectivity index (χ2v) is 9.01. The Labute approximate surface area is 130 Å². The van der Waals surface area contributed by atoms with E-state index in [4.69, 9.17) is 14.5 Å². The van der Waals surface area contributed by atoms with Gasteiger partial charge in [-0.3, -0.25) is 0 Å². The van der Waals surface area contributed by atoms with Gasteiger partial charge in [-0.2, -0.15) is 9.78 Å². The van der Waals surface area contributed by atoms with Gasteiger partial charge >= 0.3 is 0 Å². The predicted molar refractivity (Wildman–Crippen MR) is 76.2 cm³/mol. The maximum Gasteiger partial charge on any atom is 0.210 e. The quantitative estimate of drug-likeness (QED) is 0.551. The third kappa shape index (κ3) is 1.28. The zero-order valence-corrected chi connectivity index (χ0v) is 13.0. The maximum atomic E-state index is 11.0. The fourth-order valence-electron chi connectivity index (χ4n) is 7.28. The zero-order valence-electron chi connectivity index (χ0n) is 13.0. The molecule has 1 aliphatic heterocycles. The van der Waals surface area contributed by atoms with Crippen molar-refractivity contribution in [3.8, 4) is 0 Å². The summed E-state index contributed by atoms with van der Waals surface area (Å²) in [5, 5.41) is 0. The standard InChI is InChI=1S/C18H24O4/c19-10-11-1-3-17(4-2-11)20-18(22-21-17)14-6-12-5-13-7-15(18)9-16(12,13)8-14/h10-15H,1-9H2/t11-,12?,13?,14?,15?,16?,17+,18?. The van der Waals surface area contributed by atoms with Crippen LogP contribution < -0.4 is 0 Å². The van der Waals surface area contributed by atoms with Gasteiger partial charge in [-0.25, -0.2) is 0 Å². The molecule has 4 nitrogen and oxygen atoms in total. The van der Waals surface area contributed by atoms with Crippen LogP contribution in [0.15, 0.2) is 0 Å². The van der Waals surface area contributed by atoms with E-state index in [2.05, 4.69) is 0 Å². The lowest BCUT2D eigenvalue weighted by molar-refractivity contribution is -0.374. The van der Waals surface area contributed by atoms with Crippen molar-refractivity contribution < 1.29 is 19.3 Å². The molecule has 0 aromatic heterocycles. The van der Waals surface area contributed by atoms with Crippen LogP contribution in [-0.4, -0.2) is 17.9 Å². The molecule has 4 atom stereocenters. The van der Waals surface area contributed by atoms with Crippen molar-refractivity contribution in [1.82, 2.24) is 0 Å². The number of fused-ring (bicyclic) bond motifs is 4. The minimum absolute atomic E-state index is 0.180. The molecule has 0 amide bonds. The molecule has 6 rings (SSSR count). The van der Waals surface area contributed by atoms with Gasteiger partial charge in [0.1, 0.15) is 6.29 Å². The first-order chi connectivity index (χ1) is 10.7. The van der Waals surface area contributed by atoms with Crippen LogP contribution in [0, 0.1) is 35.0 Å². The van der Waals surface area contributed by atoms with Crippen molar-refractivity contribution in [2.24, 2.45) is 35.0 Å². The SMILES string of the molecule is O=C[C@H]1CC[C@]2(CC1)OO[C@]1(O2)C2CC3CC4CC1CC34C2. The number of carbonyl (C=O) groups excluding carboxylic acids is 1. The van der Waals surface area contributed by atoms with Gasteiger partial charge < -0.3 is 9.53 Å². The minimum Gasteiger partial charge on any atom is -0.312 e. The fourth-order valence-corrected chi connectivity index (χ4v) is 7.28. The largest absolute Gasteiger partial charge is 0.312 e. The van der Waals surface area contributed by atoms with E-state index in [0.29, 0.717) is 17.3 Å². The highest BCUT2D eigenvalue weighted by Crippen LogP contribution is 2.79. The second kappa shape index (κ2) is 3.79. The molecule has 0 aromatic carbocycles. The third-order valence-electron chi connectivity index (χ3n) is 8.38. The topological polar surface area (TPSA) is 44.8 Å². The van der Waals surface area contributed by atoms with E-state index in [9.17, 15) is 4.79 Å². The third-order valence-corrected chi connectivity index (χ3v) is 8.38. The summed E-state index contributed by atoms with van der Waals surface area (Å²) in [5.74, 6) is 2.09. The minimum atomic E-state index is -0.561. The first-order valence-corrected chi connectivity index (χ1v) is 9.20. The molecule has 120 valence electrons. The highest BCUT2D eigenvalue weighted by atomic mass is 17.3. The van der Waals surface area contributed by atoms with Crippen LogP contribution in [-0.2, 0) is 19.3 Å². The monoisotopic (exact) mass is 304 g/mol. The number of ether oxygens (including phenoxy) is 1. The average Bonchev–Trinajstić information content (AvgIpc) is 3.11. The van der Waals surface area contributed by atoms with E-state index in [1.807, 2.05) is 0 Å². The summed E-state index contributed by atoms with van der Waals surface area (Å²) in [4.78, 5) is 22.9. The van der Waals surface area contributed by atoms with Gasteiger partial charge in [-0.1, -0.05) is 0 Å². The van der Waals surface area contributed by atoms with Crippen LogP contribution in [0.1, 0.15) is 57.8 Å². The summed E-state index contributed by atoms with van der Waals surface area (Å²) < 4.78 is 6.68. The molecule has 6 aliphatic rings. The Morgan fingerprint density at radius 1 is 0.864 bits per heavy atom. The van der Waals surface area contributed by atoms with Gasteiger partial charge in [0.2, 0.25) is 11.6 Å². The van der Waals surface area contributed by atoms with E-state index in [1.54, 1.807) is 0 Å². The molecule has 4 heteroatoms. The summed E-state index contributed by atoms with van der Waals surface area (Å²) in [7, 11) is 0. The number of hydrogen-bond donors (Lipinski definition) is 0. The van der Waals surface area contributed by atoms with Gasteiger partial charge in [-0.15, -0.1) is 0 Å². The predicted octanol–water partition coefficient (Wildman–Crippen LogP) is 3.20. The van der Waals surface area contributed by atoms with Crippen molar-refractivity contribution in [2.45, 2.75) is 69.4 Å². The van der Waals surface area contributed by atoms with Crippen molar-refractivity contribution in [3.63, 3.8) is 0 Å². The first kappa shape index (κ1) is 12.9. The maximum absolute atomic E-state index is 11.0. The summed E-state index contributed by atoms with van der Waals surface area (Å²) in [6, 6.07) is 0. The normalized spacial score (nSPS) is 64.3. The van der Waals surface area contributed by atoms with Crippen LogP contribution >= 0.6 is 0 Å². The van der Waals surface area contributed by atoms with Crippen LogP contribution in [0.5, 0.6) is 0 Å². The highest BCUT2D eigenvalue weighted by molar-refractivity contribution is 5.53. The lowest BCUT2D eigenvalue weighted by Crippen LogP contribution is -2.50. The molecule has 1 saturated heterocycles. The number of carbonyl (C=O) groups is 1. The number of hydrogen-bond acceptors (Lipinski definition) is 4. The van der Waals surface area contributed by atoms with Crippen LogP contribution in [0.25, 0.3) is 0 Å². The molecule has 0 N–H and O–H groups in total. The van der Waals surface area contributed by atoms with Crippen LogP contribution in [0.4, 0.5) is 0 Å². The van der Waals surface area contributed by atoms with Gasteiger partial charge in [0.15, 0.2) is 0 Å². The van der Waals surface area contributed by atoms with Crippen molar-refractivity contribution in [2.75, 3.05) is 0 Å². The van der Waals surface area contributed by atoms with Crippen LogP contribution in [0.3, 0.4) is 0 Å². The Morgan fingerprint density at radius 2 is 1.50 bits per heavy atom. The molecule has 1 heterocycles. The second-order valence-electron chi connectivity index (χ2n) is 9.01. The Kier molecular flexibility index (Phi) is 2.22. The Hall–Kier alpha value is -0.450. The molecule has 0 aromatic rings. The Bertz CT molecular complexity index is 511. The molecule has 3 bridgehead atoms. The van der Waals surface area contributed by atoms with Crippen molar-refractivity contribution in [3.05, 3.63) is 0 Å². The van der Waals surface area contributed by atoms with Gasteiger partial charge in [-0.05, 0) is 62.2 Å².